The normalized spacial score (nSPS) is 19.1. The minimum absolute atomic E-state index is 0.0697. The fraction of sp³-hybridized carbons (Fsp3) is 0.683. The minimum atomic E-state index is -0.903. The van der Waals surface area contributed by atoms with Crippen LogP contribution in [0.3, 0.4) is 0 Å². The Morgan fingerprint density at radius 2 is 1.68 bits per heavy atom. The highest BCUT2D eigenvalue weighted by molar-refractivity contribution is 7.09. The molecule has 0 aliphatic heterocycles. The van der Waals surface area contributed by atoms with Crippen LogP contribution in [0.15, 0.2) is 29.6 Å². The third kappa shape index (κ3) is 11.6. The van der Waals surface area contributed by atoms with Crippen molar-refractivity contribution >= 4 is 35.0 Å². The summed E-state index contributed by atoms with van der Waals surface area (Å²) < 4.78 is 6.42. The van der Waals surface area contributed by atoms with E-state index in [1.807, 2.05) is 68.9 Å². The van der Waals surface area contributed by atoms with Crippen molar-refractivity contribution in [2.45, 2.75) is 137 Å². The first-order valence-corrected chi connectivity index (χ1v) is 20.5. The van der Waals surface area contributed by atoms with Crippen molar-refractivity contribution in [1.29, 1.82) is 0 Å². The molecule has 12 heteroatoms. The predicted molar refractivity (Wildman–Crippen MR) is 211 cm³/mol. The average molecular weight is 756 g/mol. The van der Waals surface area contributed by atoms with E-state index in [0.29, 0.717) is 37.4 Å². The lowest BCUT2D eigenvalue weighted by Gasteiger charge is -2.40. The number of rotatable bonds is 21. The van der Waals surface area contributed by atoms with E-state index < -0.39 is 24.0 Å². The quantitative estimate of drug-likeness (QED) is 0.128. The maximum atomic E-state index is 14.7. The van der Waals surface area contributed by atoms with Crippen molar-refractivity contribution in [1.82, 2.24) is 25.4 Å². The number of hydrogen-bond acceptors (Lipinski definition) is 8. The molecule has 0 saturated carbocycles. The average Bonchev–Trinajstić information content (AvgIpc) is 3.62. The molecule has 2 aromatic rings. The lowest BCUT2D eigenvalue weighted by Crippen LogP contribution is -2.59. The van der Waals surface area contributed by atoms with Crippen molar-refractivity contribution in [3.8, 4) is 0 Å². The van der Waals surface area contributed by atoms with E-state index in [2.05, 4.69) is 45.3 Å². The number of carboxylic acid groups (broad SMARTS) is 1. The van der Waals surface area contributed by atoms with E-state index in [1.165, 1.54) is 11.3 Å². The zero-order valence-corrected chi connectivity index (χ0v) is 34.5. The van der Waals surface area contributed by atoms with Crippen molar-refractivity contribution < 1.29 is 29.0 Å². The zero-order chi connectivity index (χ0) is 39.4. The van der Waals surface area contributed by atoms with E-state index in [9.17, 15) is 24.3 Å². The van der Waals surface area contributed by atoms with E-state index in [-0.39, 0.29) is 59.3 Å². The summed E-state index contributed by atoms with van der Waals surface area (Å²) >= 11 is 1.36. The molecule has 3 rings (SSSR count). The van der Waals surface area contributed by atoms with Crippen molar-refractivity contribution in [2.24, 2.45) is 17.8 Å². The van der Waals surface area contributed by atoms with Gasteiger partial charge in [-0.05, 0) is 68.7 Å². The molecule has 1 aromatic carbocycles. The van der Waals surface area contributed by atoms with Gasteiger partial charge in [0.25, 0.3) is 5.91 Å². The number of carbonyl (C=O) groups is 4. The van der Waals surface area contributed by atoms with Gasteiger partial charge in [-0.25, -0.2) is 4.98 Å². The Hall–Kier alpha value is -3.35. The first-order chi connectivity index (χ1) is 25.2. The summed E-state index contributed by atoms with van der Waals surface area (Å²) in [6.45, 7) is 17.5. The number of amides is 3. The van der Waals surface area contributed by atoms with E-state index >= 15 is 0 Å². The van der Waals surface area contributed by atoms with Gasteiger partial charge in [-0.2, -0.15) is 0 Å². The zero-order valence-electron chi connectivity index (χ0n) is 33.7. The highest BCUT2D eigenvalue weighted by Gasteiger charge is 2.38. The highest BCUT2D eigenvalue weighted by atomic mass is 32.1. The van der Waals surface area contributed by atoms with E-state index in [1.54, 1.807) is 5.38 Å². The Balaban J connectivity index is 1.87. The van der Waals surface area contributed by atoms with Gasteiger partial charge in [-0.15, -0.1) is 11.3 Å². The van der Waals surface area contributed by atoms with Gasteiger partial charge < -0.3 is 25.4 Å². The molecule has 0 fully saturated rings. The largest absolute Gasteiger partial charge is 0.481 e. The molecular formula is C41H65N5O6S. The minimum Gasteiger partial charge on any atom is -0.481 e. The van der Waals surface area contributed by atoms with Gasteiger partial charge in [-0.3, -0.25) is 24.1 Å². The Morgan fingerprint density at radius 1 is 1.00 bits per heavy atom. The van der Waals surface area contributed by atoms with Crippen LogP contribution in [0.1, 0.15) is 133 Å². The molecule has 3 N–H and O–H groups in total. The molecule has 11 nitrogen and oxygen atoms in total. The number of likely N-dealkylation sites (N-methyl/N-ethyl adjacent to an activating group) is 1. The standard InChI is InChI=1S/C41H65N5O6S/c1-11-19-46(40(49)35(26(7)13-3)44-38(48)36(45(9)10)27(8)14-4)33(25(5)6)23-34(52-20-12-2)39-43-32(24-53-39)37(47)42-29-21-28-17-15-16-18-30(28)31(22-29)41(50)51/h15-18,24-27,29,31,33-36H,11-14,19-23H2,1-10H3,(H,42,47)(H,44,48)(H,50,51)/t26-,27-,29-,31+,33+,34+,35-,36-/m0/s1. The second-order valence-corrected chi connectivity index (χ2v) is 16.3. The van der Waals surface area contributed by atoms with E-state index in [0.717, 1.165) is 36.8 Å². The van der Waals surface area contributed by atoms with Gasteiger partial charge in [0.2, 0.25) is 11.8 Å². The van der Waals surface area contributed by atoms with Gasteiger partial charge in [0, 0.05) is 37.0 Å². The lowest BCUT2D eigenvalue weighted by atomic mass is 9.80. The summed E-state index contributed by atoms with van der Waals surface area (Å²) in [4.78, 5) is 62.7. The Labute approximate surface area is 321 Å². The van der Waals surface area contributed by atoms with Gasteiger partial charge in [0.15, 0.2) is 0 Å². The number of ether oxygens (including phenoxy) is 1. The summed E-state index contributed by atoms with van der Waals surface area (Å²) in [5.74, 6) is -2.04. The van der Waals surface area contributed by atoms with Crippen LogP contribution in [-0.2, 0) is 25.5 Å². The molecule has 1 aromatic heterocycles. The number of thiazole rings is 1. The van der Waals surface area contributed by atoms with Crippen LogP contribution >= 0.6 is 11.3 Å². The van der Waals surface area contributed by atoms with Crippen molar-refractivity contribution in [3.63, 3.8) is 0 Å². The number of carboxylic acids is 1. The SMILES string of the molecule is CCCO[C@H](C[C@H](C(C)C)N(CCC)C(=O)[C@@H](NC(=O)[C@H]([C@@H](C)CC)N(C)C)[C@@H](C)CC)c1nc(C(=O)N[C@H]2Cc3ccccc3[C@H](C(=O)O)C2)cs1. The molecule has 0 bridgehead atoms. The summed E-state index contributed by atoms with van der Waals surface area (Å²) in [6.07, 6.45) is 3.99. The van der Waals surface area contributed by atoms with Gasteiger partial charge in [0.1, 0.15) is 22.8 Å². The van der Waals surface area contributed by atoms with Gasteiger partial charge in [0.05, 0.1) is 12.0 Å². The number of aliphatic carboxylic acids is 1. The first-order valence-electron chi connectivity index (χ1n) is 19.6. The summed E-state index contributed by atoms with van der Waals surface area (Å²) in [5, 5.41) is 18.5. The van der Waals surface area contributed by atoms with Crippen LogP contribution < -0.4 is 10.6 Å². The molecule has 3 amide bonds. The molecule has 296 valence electrons. The molecule has 1 heterocycles. The fourth-order valence-electron chi connectivity index (χ4n) is 7.45. The Morgan fingerprint density at radius 3 is 2.26 bits per heavy atom. The van der Waals surface area contributed by atoms with Crippen molar-refractivity contribution in [3.05, 3.63) is 51.5 Å². The van der Waals surface area contributed by atoms with Crippen molar-refractivity contribution in [2.75, 3.05) is 27.2 Å². The maximum Gasteiger partial charge on any atom is 0.311 e. The number of fused-ring (bicyclic) bond motifs is 1. The summed E-state index contributed by atoms with van der Waals surface area (Å²) in [5.41, 5.74) is 1.99. The van der Waals surface area contributed by atoms with Gasteiger partial charge >= 0.3 is 5.97 Å². The molecular weight excluding hydrogens is 691 g/mol. The lowest BCUT2D eigenvalue weighted by molar-refractivity contribution is -0.143. The van der Waals surface area contributed by atoms with Crippen LogP contribution in [0.4, 0.5) is 0 Å². The number of benzene rings is 1. The van der Waals surface area contributed by atoms with Crippen LogP contribution in [0.2, 0.25) is 0 Å². The molecule has 0 unspecified atom stereocenters. The van der Waals surface area contributed by atoms with Crippen LogP contribution in [0.5, 0.6) is 0 Å². The smallest absolute Gasteiger partial charge is 0.311 e. The van der Waals surface area contributed by atoms with Crippen LogP contribution in [0.25, 0.3) is 0 Å². The molecule has 1 aliphatic rings. The topological polar surface area (TPSA) is 141 Å². The van der Waals surface area contributed by atoms with E-state index in [4.69, 9.17) is 9.72 Å². The third-order valence-electron chi connectivity index (χ3n) is 10.8. The second kappa shape index (κ2) is 20.9. The number of aromatic nitrogens is 1. The molecule has 53 heavy (non-hydrogen) atoms. The number of carbonyl (C=O) groups excluding carboxylic acids is 3. The molecule has 0 radical (unpaired) electrons. The van der Waals surface area contributed by atoms with Crippen LogP contribution in [-0.4, -0.2) is 95.0 Å². The monoisotopic (exact) mass is 755 g/mol. The molecule has 0 saturated heterocycles. The molecule has 1 aliphatic carbocycles. The highest BCUT2D eigenvalue weighted by Crippen LogP contribution is 2.34. The predicted octanol–water partition coefficient (Wildman–Crippen LogP) is 6.68. The second-order valence-electron chi connectivity index (χ2n) is 15.4. The maximum absolute atomic E-state index is 14.7. The number of nitrogens with one attached hydrogen (secondary N) is 2. The Bertz CT molecular complexity index is 1500. The molecule has 0 spiro atoms. The summed E-state index contributed by atoms with van der Waals surface area (Å²) in [7, 11) is 3.81. The van der Waals surface area contributed by atoms with Crippen LogP contribution in [0, 0.1) is 17.8 Å². The summed E-state index contributed by atoms with van der Waals surface area (Å²) in [6, 6.07) is 5.92. The van der Waals surface area contributed by atoms with Gasteiger partial charge in [-0.1, -0.05) is 92.5 Å². The number of hydrogen-bond donors (Lipinski definition) is 3. The molecule has 8 atom stereocenters. The third-order valence-corrected chi connectivity index (χ3v) is 11.7. The fourth-order valence-corrected chi connectivity index (χ4v) is 8.31. The first kappa shape index (κ1) is 44.0. The Kier molecular flexibility index (Phi) is 17.4. The number of nitrogens with zero attached hydrogens (tertiary/aromatic N) is 3.